The van der Waals surface area contributed by atoms with Crippen LogP contribution in [0.2, 0.25) is 0 Å². The molecule has 3 heteroatoms. The third kappa shape index (κ3) is 1.86. The summed E-state index contributed by atoms with van der Waals surface area (Å²) >= 11 is 0. The molecule has 24 heavy (non-hydrogen) atoms. The lowest BCUT2D eigenvalue weighted by Crippen LogP contribution is -2.73. The molecular weight excluding hydrogens is 298 g/mol. The first kappa shape index (κ1) is 15.2. The zero-order valence-electron chi connectivity index (χ0n) is 14.8. The van der Waals surface area contributed by atoms with E-state index in [1.165, 1.54) is 56.3 Å². The minimum Gasteiger partial charge on any atom is -0.508 e. The van der Waals surface area contributed by atoms with Crippen molar-refractivity contribution in [3.63, 3.8) is 0 Å². The van der Waals surface area contributed by atoms with Crippen LogP contribution in [0.15, 0.2) is 18.2 Å². The SMILES string of the molecule is CO[C@@]12CCCC[C@@]13CCN(CC1CC1)[C@@H]2Cc1cccc(O)c13. The van der Waals surface area contributed by atoms with Gasteiger partial charge in [-0.25, -0.2) is 0 Å². The smallest absolute Gasteiger partial charge is 0.119 e. The molecule has 2 saturated carbocycles. The highest BCUT2D eigenvalue weighted by molar-refractivity contribution is 5.52. The Hall–Kier alpha value is -1.06. The average Bonchev–Trinajstić information content (AvgIpc) is 3.41. The van der Waals surface area contributed by atoms with Gasteiger partial charge in [-0.3, -0.25) is 4.90 Å². The summed E-state index contributed by atoms with van der Waals surface area (Å²) in [7, 11) is 1.93. The first-order valence-corrected chi connectivity index (χ1v) is 9.81. The number of benzene rings is 1. The summed E-state index contributed by atoms with van der Waals surface area (Å²) in [5, 5.41) is 10.8. The summed E-state index contributed by atoms with van der Waals surface area (Å²) in [6, 6.07) is 6.64. The Labute approximate surface area is 145 Å². The van der Waals surface area contributed by atoms with Gasteiger partial charge < -0.3 is 9.84 Å². The maximum absolute atomic E-state index is 10.8. The van der Waals surface area contributed by atoms with Crippen LogP contribution in [0.3, 0.4) is 0 Å². The molecule has 1 N–H and O–H groups in total. The number of rotatable bonds is 3. The van der Waals surface area contributed by atoms with E-state index in [0.717, 1.165) is 25.2 Å². The van der Waals surface area contributed by atoms with Crippen LogP contribution in [0.4, 0.5) is 0 Å². The molecule has 0 radical (unpaired) electrons. The number of fused-ring (bicyclic) bond motifs is 1. The lowest BCUT2D eigenvalue weighted by atomic mass is 9.49. The molecule has 0 aromatic heterocycles. The number of hydrogen-bond donors (Lipinski definition) is 1. The van der Waals surface area contributed by atoms with Crippen molar-refractivity contribution in [3.8, 4) is 5.75 Å². The van der Waals surface area contributed by atoms with Crippen molar-refractivity contribution in [2.24, 2.45) is 5.92 Å². The van der Waals surface area contributed by atoms with E-state index in [1.54, 1.807) is 0 Å². The third-order valence-electron chi connectivity index (χ3n) is 7.59. The molecule has 0 unspecified atom stereocenters. The Morgan fingerprint density at radius 3 is 2.83 bits per heavy atom. The van der Waals surface area contributed by atoms with Crippen LogP contribution in [-0.2, 0) is 16.6 Å². The largest absolute Gasteiger partial charge is 0.508 e. The van der Waals surface area contributed by atoms with Crippen LogP contribution in [0.25, 0.3) is 0 Å². The number of nitrogens with zero attached hydrogens (tertiary/aromatic N) is 1. The van der Waals surface area contributed by atoms with Crippen molar-refractivity contribution in [3.05, 3.63) is 29.3 Å². The molecule has 1 heterocycles. The molecule has 5 rings (SSSR count). The number of hydrogen-bond acceptors (Lipinski definition) is 3. The topological polar surface area (TPSA) is 32.7 Å². The average molecular weight is 327 g/mol. The number of aromatic hydroxyl groups is 1. The molecule has 4 aliphatic rings. The van der Waals surface area contributed by atoms with Crippen molar-refractivity contribution in [1.29, 1.82) is 0 Å². The zero-order chi connectivity index (χ0) is 16.4. The van der Waals surface area contributed by atoms with Crippen molar-refractivity contribution >= 4 is 0 Å². The Balaban J connectivity index is 1.68. The second-order valence-electron chi connectivity index (χ2n) is 8.60. The van der Waals surface area contributed by atoms with Gasteiger partial charge in [0.25, 0.3) is 0 Å². The van der Waals surface area contributed by atoms with E-state index in [-0.39, 0.29) is 11.0 Å². The van der Waals surface area contributed by atoms with Gasteiger partial charge in [0.1, 0.15) is 5.75 Å². The molecule has 1 saturated heterocycles. The molecular formula is C21H29NO2. The second-order valence-corrected chi connectivity index (χ2v) is 8.60. The molecule has 3 aliphatic carbocycles. The second kappa shape index (κ2) is 5.22. The van der Waals surface area contributed by atoms with Gasteiger partial charge in [0.15, 0.2) is 0 Å². The van der Waals surface area contributed by atoms with Gasteiger partial charge in [-0.05, 0) is 62.6 Å². The number of phenols is 1. The minimum absolute atomic E-state index is 0.0175. The van der Waals surface area contributed by atoms with Crippen LogP contribution in [0.5, 0.6) is 5.75 Å². The maximum atomic E-state index is 10.8. The minimum atomic E-state index is -0.107. The molecule has 1 aromatic rings. The predicted molar refractivity (Wildman–Crippen MR) is 94.4 cm³/mol. The first-order valence-electron chi connectivity index (χ1n) is 9.81. The van der Waals surface area contributed by atoms with Gasteiger partial charge in [0, 0.05) is 30.7 Å². The Morgan fingerprint density at radius 1 is 1.21 bits per heavy atom. The number of methoxy groups -OCH3 is 1. The molecule has 0 amide bonds. The lowest BCUT2D eigenvalue weighted by molar-refractivity contribution is -0.186. The van der Waals surface area contributed by atoms with E-state index in [0.29, 0.717) is 11.8 Å². The highest BCUT2D eigenvalue weighted by atomic mass is 16.5. The van der Waals surface area contributed by atoms with Crippen molar-refractivity contribution in [1.82, 2.24) is 4.90 Å². The lowest BCUT2D eigenvalue weighted by Gasteiger charge is -2.65. The Morgan fingerprint density at radius 2 is 2.04 bits per heavy atom. The van der Waals surface area contributed by atoms with Gasteiger partial charge in [-0.1, -0.05) is 25.0 Å². The van der Waals surface area contributed by atoms with Crippen molar-refractivity contribution in [2.45, 2.75) is 68.4 Å². The van der Waals surface area contributed by atoms with Gasteiger partial charge in [-0.2, -0.15) is 0 Å². The van der Waals surface area contributed by atoms with Crippen LogP contribution in [0.1, 0.15) is 56.1 Å². The number of piperidine rings is 1. The Kier molecular flexibility index (Phi) is 3.31. The predicted octanol–water partition coefficient (Wildman–Crippen LogP) is 3.63. The standard InChI is InChI=1S/C21H29NO2/c1-24-21-10-3-2-9-20(21)11-12-22(14-15-7-8-15)18(21)13-16-5-4-6-17(23)19(16)20/h4-6,15,18,23H,2-3,7-14H2,1H3/t18-,20+,21-/m1/s1. The van der Waals surface area contributed by atoms with Crippen molar-refractivity contribution in [2.75, 3.05) is 20.2 Å². The van der Waals surface area contributed by atoms with Crippen LogP contribution in [0, 0.1) is 5.92 Å². The highest BCUT2D eigenvalue weighted by Crippen LogP contribution is 2.61. The fourth-order valence-electron chi connectivity index (χ4n) is 6.43. The van der Waals surface area contributed by atoms with E-state index >= 15 is 0 Å². The number of likely N-dealkylation sites (tertiary alicyclic amines) is 1. The van der Waals surface area contributed by atoms with Gasteiger partial charge >= 0.3 is 0 Å². The fourth-order valence-corrected chi connectivity index (χ4v) is 6.43. The molecule has 1 aromatic carbocycles. The van der Waals surface area contributed by atoms with Crippen LogP contribution in [-0.4, -0.2) is 41.8 Å². The molecule has 3 fully saturated rings. The highest BCUT2D eigenvalue weighted by Gasteiger charge is 2.65. The van der Waals surface area contributed by atoms with Crippen LogP contribution >= 0.6 is 0 Å². The van der Waals surface area contributed by atoms with Crippen molar-refractivity contribution < 1.29 is 9.84 Å². The quantitative estimate of drug-likeness (QED) is 0.920. The zero-order valence-corrected chi connectivity index (χ0v) is 14.8. The van der Waals surface area contributed by atoms with Gasteiger partial charge in [-0.15, -0.1) is 0 Å². The van der Waals surface area contributed by atoms with Crippen LogP contribution < -0.4 is 0 Å². The van der Waals surface area contributed by atoms with E-state index < -0.39 is 0 Å². The normalized spacial score (nSPS) is 38.5. The van der Waals surface area contributed by atoms with Gasteiger partial charge in [0.2, 0.25) is 0 Å². The summed E-state index contributed by atoms with van der Waals surface area (Å²) in [5.74, 6) is 1.42. The summed E-state index contributed by atoms with van der Waals surface area (Å²) in [6.07, 6.45) is 9.81. The third-order valence-corrected chi connectivity index (χ3v) is 7.59. The molecule has 2 bridgehead atoms. The summed E-state index contributed by atoms with van der Waals surface area (Å²) in [4.78, 5) is 2.75. The van der Waals surface area contributed by atoms with E-state index in [1.807, 2.05) is 19.2 Å². The molecule has 0 spiro atoms. The monoisotopic (exact) mass is 327 g/mol. The van der Waals surface area contributed by atoms with E-state index in [4.69, 9.17) is 4.74 Å². The summed E-state index contributed by atoms with van der Waals surface area (Å²) in [6.45, 7) is 2.42. The maximum Gasteiger partial charge on any atom is 0.119 e. The fraction of sp³-hybridized carbons (Fsp3) is 0.714. The molecule has 3 nitrogen and oxygen atoms in total. The van der Waals surface area contributed by atoms with E-state index in [9.17, 15) is 5.11 Å². The Bertz CT molecular complexity index is 655. The molecule has 3 atom stereocenters. The molecule has 130 valence electrons. The first-order chi connectivity index (χ1) is 11.7. The molecule has 1 aliphatic heterocycles. The summed E-state index contributed by atoms with van der Waals surface area (Å²) in [5.41, 5.74) is 2.51. The van der Waals surface area contributed by atoms with E-state index in [2.05, 4.69) is 11.0 Å². The summed E-state index contributed by atoms with van der Waals surface area (Å²) < 4.78 is 6.43. The number of ether oxygens (including phenoxy) is 1. The number of phenolic OH excluding ortho intramolecular Hbond substituents is 1. The van der Waals surface area contributed by atoms with Gasteiger partial charge in [0.05, 0.1) is 5.60 Å².